The van der Waals surface area contributed by atoms with E-state index in [9.17, 15) is 9.59 Å². The molecule has 0 atom stereocenters. The number of fused-ring (bicyclic) bond motifs is 4. The summed E-state index contributed by atoms with van der Waals surface area (Å²) in [5.41, 5.74) is 6.30. The fraction of sp³-hybridized carbons (Fsp3) is 0.346. The van der Waals surface area contributed by atoms with E-state index in [0.29, 0.717) is 16.7 Å². The van der Waals surface area contributed by atoms with Crippen molar-refractivity contribution in [2.45, 2.75) is 26.2 Å². The summed E-state index contributed by atoms with van der Waals surface area (Å²) in [6.07, 6.45) is 1.81. The monoisotopic (exact) mass is 428 g/mol. The number of hydrogen-bond donors (Lipinski definition) is 2. The molecular formula is C26H28N4O2. The van der Waals surface area contributed by atoms with Gasteiger partial charge in [-0.2, -0.15) is 0 Å². The molecule has 1 aromatic heterocycles. The van der Waals surface area contributed by atoms with E-state index in [2.05, 4.69) is 40.1 Å². The lowest BCUT2D eigenvalue weighted by Gasteiger charge is -2.36. The number of hydrogen-bond acceptors (Lipinski definition) is 5. The van der Waals surface area contributed by atoms with Crippen LogP contribution in [0.3, 0.4) is 0 Å². The summed E-state index contributed by atoms with van der Waals surface area (Å²) in [7, 11) is 1.75. The van der Waals surface area contributed by atoms with Gasteiger partial charge in [0.15, 0.2) is 11.6 Å². The van der Waals surface area contributed by atoms with Gasteiger partial charge in [-0.1, -0.05) is 26.0 Å². The van der Waals surface area contributed by atoms with Gasteiger partial charge in [0.25, 0.3) is 0 Å². The summed E-state index contributed by atoms with van der Waals surface area (Å²) < 4.78 is 0. The lowest BCUT2D eigenvalue weighted by atomic mass is 9.70. The molecular weight excluding hydrogens is 400 g/mol. The minimum absolute atomic E-state index is 0.0137. The zero-order chi connectivity index (χ0) is 22.6. The number of benzene rings is 2. The first-order valence-corrected chi connectivity index (χ1v) is 11.1. The quantitative estimate of drug-likeness (QED) is 0.493. The SMILES string of the molecule is CN=Cc1ccc2c3c([nH]c2c1)C(C)(C)c1cc(N2CCNCC2)c(C(C)=O)cc1C3=O. The van der Waals surface area contributed by atoms with Crippen molar-refractivity contribution in [2.75, 3.05) is 38.1 Å². The number of aromatic nitrogens is 1. The average Bonchev–Trinajstić information content (AvgIpc) is 3.18. The van der Waals surface area contributed by atoms with Crippen molar-refractivity contribution < 1.29 is 9.59 Å². The number of piperazine rings is 1. The van der Waals surface area contributed by atoms with Gasteiger partial charge in [-0.25, -0.2) is 0 Å². The van der Waals surface area contributed by atoms with Gasteiger partial charge in [-0.05, 0) is 36.2 Å². The number of nitrogens with one attached hydrogen (secondary N) is 2. The smallest absolute Gasteiger partial charge is 0.195 e. The molecule has 0 amide bonds. The van der Waals surface area contributed by atoms with E-state index in [1.165, 1.54) is 0 Å². The van der Waals surface area contributed by atoms with Crippen molar-refractivity contribution in [1.29, 1.82) is 0 Å². The molecule has 2 aromatic carbocycles. The predicted octanol–water partition coefficient (Wildman–Crippen LogP) is 3.70. The lowest BCUT2D eigenvalue weighted by Crippen LogP contribution is -2.44. The number of Topliss-reactive ketones (excluding diaryl/α,β-unsaturated/α-hetero) is 1. The summed E-state index contributed by atoms with van der Waals surface area (Å²) >= 11 is 0. The Bertz CT molecular complexity index is 1290. The van der Waals surface area contributed by atoms with Crippen molar-refractivity contribution in [1.82, 2.24) is 10.3 Å². The summed E-state index contributed by atoms with van der Waals surface area (Å²) in [4.78, 5) is 36.3. The second kappa shape index (κ2) is 7.41. The first-order valence-electron chi connectivity index (χ1n) is 11.1. The molecule has 6 heteroatoms. The summed E-state index contributed by atoms with van der Waals surface area (Å²) in [6, 6.07) is 9.91. The fourth-order valence-electron chi connectivity index (χ4n) is 5.16. The van der Waals surface area contributed by atoms with Crippen LogP contribution in [-0.4, -0.2) is 56.0 Å². The third kappa shape index (κ3) is 3.01. The molecule has 0 spiro atoms. The number of ketones is 2. The molecule has 2 heterocycles. The Kier molecular flexibility index (Phi) is 4.78. The molecule has 1 aliphatic heterocycles. The summed E-state index contributed by atoms with van der Waals surface area (Å²) in [6.45, 7) is 9.32. The second-order valence-corrected chi connectivity index (χ2v) is 9.23. The van der Waals surface area contributed by atoms with Crippen molar-refractivity contribution in [3.05, 3.63) is 63.8 Å². The molecule has 2 N–H and O–H groups in total. The van der Waals surface area contributed by atoms with Gasteiger partial charge in [-0.3, -0.25) is 14.6 Å². The van der Waals surface area contributed by atoms with Gasteiger partial charge in [-0.15, -0.1) is 0 Å². The molecule has 32 heavy (non-hydrogen) atoms. The van der Waals surface area contributed by atoms with Crippen molar-refractivity contribution in [3.63, 3.8) is 0 Å². The molecule has 0 unspecified atom stereocenters. The topological polar surface area (TPSA) is 77.6 Å². The highest BCUT2D eigenvalue weighted by Gasteiger charge is 2.40. The first kappa shape index (κ1) is 20.6. The van der Waals surface area contributed by atoms with Crippen molar-refractivity contribution in [3.8, 4) is 0 Å². The number of rotatable bonds is 3. The van der Waals surface area contributed by atoms with Crippen molar-refractivity contribution in [2.24, 2.45) is 4.99 Å². The first-order chi connectivity index (χ1) is 15.3. The number of H-pyrrole nitrogens is 1. The molecule has 2 aliphatic rings. The van der Waals surface area contributed by atoms with E-state index in [0.717, 1.165) is 59.6 Å². The fourth-order valence-corrected chi connectivity index (χ4v) is 5.16. The van der Waals surface area contributed by atoms with Crippen LogP contribution in [0.25, 0.3) is 10.9 Å². The molecule has 6 nitrogen and oxygen atoms in total. The van der Waals surface area contributed by atoms with Crippen LogP contribution in [0.4, 0.5) is 5.69 Å². The van der Waals surface area contributed by atoms with Crippen LogP contribution in [0.1, 0.15) is 63.9 Å². The van der Waals surface area contributed by atoms with Crippen molar-refractivity contribution >= 4 is 34.4 Å². The van der Waals surface area contributed by atoms with Gasteiger partial charge in [0.1, 0.15) is 0 Å². The zero-order valence-corrected chi connectivity index (χ0v) is 19.0. The number of aromatic amines is 1. The predicted molar refractivity (Wildman–Crippen MR) is 129 cm³/mol. The maximum atomic E-state index is 13.8. The van der Waals surface area contributed by atoms with Crippen LogP contribution in [0.2, 0.25) is 0 Å². The maximum absolute atomic E-state index is 13.8. The molecule has 164 valence electrons. The van der Waals surface area contributed by atoms with Crippen LogP contribution in [0.5, 0.6) is 0 Å². The zero-order valence-electron chi connectivity index (χ0n) is 19.0. The average molecular weight is 429 g/mol. The summed E-state index contributed by atoms with van der Waals surface area (Å²) in [5, 5.41) is 4.28. The highest BCUT2D eigenvalue weighted by Crippen LogP contribution is 2.45. The van der Waals surface area contributed by atoms with E-state index in [1.807, 2.05) is 24.3 Å². The third-order valence-corrected chi connectivity index (χ3v) is 6.84. The van der Waals surface area contributed by atoms with Crippen LogP contribution in [-0.2, 0) is 5.41 Å². The van der Waals surface area contributed by atoms with Gasteiger partial charge < -0.3 is 15.2 Å². The van der Waals surface area contributed by atoms with E-state index in [-0.39, 0.29) is 11.6 Å². The van der Waals surface area contributed by atoms with Crippen LogP contribution in [0, 0.1) is 0 Å². The Morgan fingerprint density at radius 2 is 1.91 bits per heavy atom. The minimum Gasteiger partial charge on any atom is -0.368 e. The Morgan fingerprint density at radius 3 is 2.59 bits per heavy atom. The Hall–Kier alpha value is -3.25. The van der Waals surface area contributed by atoms with Crippen LogP contribution >= 0.6 is 0 Å². The minimum atomic E-state index is -0.408. The molecule has 0 radical (unpaired) electrons. The highest BCUT2D eigenvalue weighted by atomic mass is 16.1. The highest BCUT2D eigenvalue weighted by molar-refractivity contribution is 6.21. The van der Waals surface area contributed by atoms with Gasteiger partial charge in [0.05, 0.1) is 5.56 Å². The largest absolute Gasteiger partial charge is 0.368 e. The molecule has 1 fully saturated rings. The molecule has 1 aliphatic carbocycles. The second-order valence-electron chi connectivity index (χ2n) is 9.23. The van der Waals surface area contributed by atoms with Gasteiger partial charge >= 0.3 is 0 Å². The van der Waals surface area contributed by atoms with E-state index >= 15 is 0 Å². The maximum Gasteiger partial charge on any atom is 0.195 e. The number of anilines is 1. The normalized spacial score (nSPS) is 17.6. The molecule has 1 saturated heterocycles. The summed E-state index contributed by atoms with van der Waals surface area (Å²) in [5.74, 6) is -0.0352. The molecule has 0 bridgehead atoms. The number of nitrogens with zero attached hydrogens (tertiary/aromatic N) is 2. The van der Waals surface area contributed by atoms with E-state index in [4.69, 9.17) is 0 Å². The standard InChI is InChI=1S/C26H28N4O2/c1-15(31)18-12-19-20(13-22(18)30-9-7-28-8-10-30)26(2,3)25-23(24(19)32)17-6-5-16(14-27-4)11-21(17)29-25/h5-6,11-14,28-29H,7-10H2,1-4H3. The molecule has 5 rings (SSSR count). The van der Waals surface area contributed by atoms with E-state index in [1.54, 1.807) is 20.2 Å². The Labute approximate surface area is 187 Å². The van der Waals surface area contributed by atoms with Gasteiger partial charge in [0.2, 0.25) is 0 Å². The van der Waals surface area contributed by atoms with E-state index < -0.39 is 5.41 Å². The number of carbonyl (C=O) groups is 2. The van der Waals surface area contributed by atoms with Gasteiger partial charge in [0, 0.05) is 78.3 Å². The lowest BCUT2D eigenvalue weighted by molar-refractivity contribution is 0.101. The number of carbonyl (C=O) groups excluding carboxylic acids is 2. The van der Waals surface area contributed by atoms with Crippen LogP contribution < -0.4 is 10.2 Å². The number of aliphatic imine (C=N–C) groups is 1. The molecule has 3 aromatic rings. The Balaban J connectivity index is 1.74. The molecule has 0 saturated carbocycles. The third-order valence-electron chi connectivity index (χ3n) is 6.84. The van der Waals surface area contributed by atoms with Crippen LogP contribution in [0.15, 0.2) is 35.3 Å². The Morgan fingerprint density at radius 1 is 1.16 bits per heavy atom.